The lowest BCUT2D eigenvalue weighted by Crippen LogP contribution is -2.26. The Morgan fingerprint density at radius 3 is 2.71 bits per heavy atom. The zero-order valence-corrected chi connectivity index (χ0v) is 13.9. The van der Waals surface area contributed by atoms with Gasteiger partial charge in [0.2, 0.25) is 0 Å². The van der Waals surface area contributed by atoms with Gasteiger partial charge in [-0.05, 0) is 37.1 Å². The van der Waals surface area contributed by atoms with E-state index < -0.39 is 15.9 Å². The number of aromatic nitrogens is 2. The van der Waals surface area contributed by atoms with Crippen LogP contribution in [0.5, 0.6) is 0 Å². The Morgan fingerprint density at radius 2 is 2.08 bits per heavy atom. The summed E-state index contributed by atoms with van der Waals surface area (Å²) in [5.74, 6) is -0.164. The van der Waals surface area contributed by atoms with Crippen molar-refractivity contribution in [2.24, 2.45) is 0 Å². The molecule has 3 rings (SSSR count). The van der Waals surface area contributed by atoms with Crippen molar-refractivity contribution in [2.75, 3.05) is 18.2 Å². The maximum atomic E-state index is 12.1. The van der Waals surface area contributed by atoms with Crippen LogP contribution < -0.4 is 5.32 Å². The number of hydrogen-bond acceptors (Lipinski definition) is 6. The molecule has 2 heterocycles. The SMILES string of the molecule is CS(=O)(=O)c1ccc(-c2cccc(NC(=O)C3CCCO3)c2)nn1. The van der Waals surface area contributed by atoms with Crippen LogP contribution in [-0.4, -0.2) is 43.5 Å². The normalized spacial score (nSPS) is 17.6. The van der Waals surface area contributed by atoms with Crippen molar-refractivity contribution < 1.29 is 17.9 Å². The highest BCUT2D eigenvalue weighted by Crippen LogP contribution is 2.22. The second-order valence-electron chi connectivity index (χ2n) is 5.60. The number of carbonyl (C=O) groups excluding carboxylic acids is 1. The molecule has 0 saturated carbocycles. The molecule has 1 aliphatic heterocycles. The second kappa shape index (κ2) is 6.66. The fourth-order valence-electron chi connectivity index (χ4n) is 2.44. The Bertz CT molecular complexity index is 844. The van der Waals surface area contributed by atoms with Crippen LogP contribution in [0.2, 0.25) is 0 Å². The minimum atomic E-state index is -3.38. The highest BCUT2D eigenvalue weighted by Gasteiger charge is 2.23. The first-order chi connectivity index (χ1) is 11.4. The Balaban J connectivity index is 1.78. The standard InChI is InChI=1S/C16H17N3O4S/c1-24(21,22)15-8-7-13(18-19-15)11-4-2-5-12(10-11)17-16(20)14-6-3-9-23-14/h2,4-5,7-8,10,14H,3,6,9H2,1H3,(H,17,20). The quantitative estimate of drug-likeness (QED) is 0.903. The Kier molecular flexibility index (Phi) is 4.59. The smallest absolute Gasteiger partial charge is 0.253 e. The summed E-state index contributed by atoms with van der Waals surface area (Å²) in [6, 6.07) is 10.1. The zero-order chi connectivity index (χ0) is 17.2. The van der Waals surface area contributed by atoms with Crippen molar-refractivity contribution in [3.8, 4) is 11.3 Å². The number of rotatable bonds is 4. The third-order valence-electron chi connectivity index (χ3n) is 3.67. The van der Waals surface area contributed by atoms with Crippen LogP contribution in [0.1, 0.15) is 12.8 Å². The lowest BCUT2D eigenvalue weighted by molar-refractivity contribution is -0.124. The van der Waals surface area contributed by atoms with E-state index in [0.717, 1.165) is 24.7 Å². The first-order valence-electron chi connectivity index (χ1n) is 7.50. The number of ether oxygens (including phenoxy) is 1. The molecule has 1 unspecified atom stereocenters. The number of hydrogen-bond donors (Lipinski definition) is 1. The van der Waals surface area contributed by atoms with Crippen LogP contribution in [0.3, 0.4) is 0 Å². The van der Waals surface area contributed by atoms with Crippen molar-refractivity contribution in [3.05, 3.63) is 36.4 Å². The summed E-state index contributed by atoms with van der Waals surface area (Å²) >= 11 is 0. The van der Waals surface area contributed by atoms with Gasteiger partial charge in [-0.25, -0.2) is 8.42 Å². The van der Waals surface area contributed by atoms with Crippen molar-refractivity contribution >= 4 is 21.4 Å². The van der Waals surface area contributed by atoms with Crippen molar-refractivity contribution in [1.29, 1.82) is 0 Å². The van der Waals surface area contributed by atoms with Gasteiger partial charge >= 0.3 is 0 Å². The molecular formula is C16H17N3O4S. The first kappa shape index (κ1) is 16.5. The van der Waals surface area contributed by atoms with E-state index in [9.17, 15) is 13.2 Å². The van der Waals surface area contributed by atoms with Crippen LogP contribution >= 0.6 is 0 Å². The van der Waals surface area contributed by atoms with Gasteiger partial charge in [-0.1, -0.05) is 12.1 Å². The molecule has 8 heteroatoms. The van der Waals surface area contributed by atoms with Crippen LogP contribution in [0.4, 0.5) is 5.69 Å². The van der Waals surface area contributed by atoms with Crippen molar-refractivity contribution in [1.82, 2.24) is 10.2 Å². The van der Waals surface area contributed by atoms with E-state index in [-0.39, 0.29) is 10.9 Å². The molecule has 1 saturated heterocycles. The molecule has 126 valence electrons. The van der Waals surface area contributed by atoms with E-state index in [0.29, 0.717) is 18.0 Å². The molecular weight excluding hydrogens is 330 g/mol. The van der Waals surface area contributed by atoms with Crippen LogP contribution in [-0.2, 0) is 19.4 Å². The van der Waals surface area contributed by atoms with Crippen LogP contribution in [0, 0.1) is 0 Å². The average Bonchev–Trinajstić information content (AvgIpc) is 3.09. The number of sulfone groups is 1. The zero-order valence-electron chi connectivity index (χ0n) is 13.1. The Hall–Kier alpha value is -2.32. The van der Waals surface area contributed by atoms with Gasteiger partial charge in [0.1, 0.15) is 6.10 Å². The lowest BCUT2D eigenvalue weighted by atomic mass is 10.1. The molecule has 2 aromatic rings. The molecule has 1 aromatic heterocycles. The van der Waals surface area contributed by atoms with Crippen molar-refractivity contribution in [2.45, 2.75) is 24.0 Å². The number of anilines is 1. The fraction of sp³-hybridized carbons (Fsp3) is 0.312. The topological polar surface area (TPSA) is 98.2 Å². The molecule has 1 amide bonds. The lowest BCUT2D eigenvalue weighted by Gasteiger charge is -2.11. The summed E-state index contributed by atoms with van der Waals surface area (Å²) in [5.41, 5.74) is 1.88. The minimum Gasteiger partial charge on any atom is -0.368 e. The molecule has 24 heavy (non-hydrogen) atoms. The molecule has 1 atom stereocenters. The van der Waals surface area contributed by atoms with Gasteiger partial charge in [0.05, 0.1) is 5.69 Å². The summed E-state index contributed by atoms with van der Waals surface area (Å²) in [6.07, 6.45) is 2.30. The fourth-order valence-corrected chi connectivity index (χ4v) is 2.94. The predicted molar refractivity (Wildman–Crippen MR) is 88.2 cm³/mol. The first-order valence-corrected chi connectivity index (χ1v) is 9.39. The highest BCUT2D eigenvalue weighted by molar-refractivity contribution is 7.90. The molecule has 1 aliphatic rings. The van der Waals surface area contributed by atoms with E-state index in [2.05, 4.69) is 15.5 Å². The molecule has 0 spiro atoms. The summed E-state index contributed by atoms with van der Waals surface area (Å²) < 4.78 is 28.2. The Labute approximate surface area is 140 Å². The minimum absolute atomic E-state index is 0.0749. The van der Waals surface area contributed by atoms with E-state index >= 15 is 0 Å². The average molecular weight is 347 g/mol. The van der Waals surface area contributed by atoms with Gasteiger partial charge in [-0.3, -0.25) is 4.79 Å². The monoisotopic (exact) mass is 347 g/mol. The van der Waals surface area contributed by atoms with Gasteiger partial charge in [-0.15, -0.1) is 10.2 Å². The molecule has 1 aromatic carbocycles. The highest BCUT2D eigenvalue weighted by atomic mass is 32.2. The third kappa shape index (κ3) is 3.77. The van der Waals surface area contributed by atoms with Gasteiger partial charge in [0.15, 0.2) is 14.9 Å². The van der Waals surface area contributed by atoms with E-state index in [1.165, 1.54) is 6.07 Å². The number of amides is 1. The number of nitrogens with zero attached hydrogens (tertiary/aromatic N) is 2. The van der Waals surface area contributed by atoms with Gasteiger partial charge in [0, 0.05) is 24.1 Å². The predicted octanol–water partition coefficient (Wildman–Crippen LogP) is 1.66. The molecule has 0 bridgehead atoms. The number of nitrogens with one attached hydrogen (secondary N) is 1. The molecule has 0 aliphatic carbocycles. The largest absolute Gasteiger partial charge is 0.368 e. The van der Waals surface area contributed by atoms with Gasteiger partial charge in [-0.2, -0.15) is 0 Å². The van der Waals surface area contributed by atoms with Crippen LogP contribution in [0.25, 0.3) is 11.3 Å². The van der Waals surface area contributed by atoms with Gasteiger partial charge in [0.25, 0.3) is 5.91 Å². The Morgan fingerprint density at radius 1 is 1.25 bits per heavy atom. The summed E-state index contributed by atoms with van der Waals surface area (Å²) in [7, 11) is -3.38. The third-order valence-corrected chi connectivity index (χ3v) is 4.65. The molecule has 1 fully saturated rings. The number of benzene rings is 1. The summed E-state index contributed by atoms with van der Waals surface area (Å²) in [6.45, 7) is 0.612. The molecule has 0 radical (unpaired) electrons. The van der Waals surface area contributed by atoms with Crippen molar-refractivity contribution in [3.63, 3.8) is 0 Å². The van der Waals surface area contributed by atoms with E-state index in [1.807, 2.05) is 6.07 Å². The summed E-state index contributed by atoms with van der Waals surface area (Å²) in [5, 5.41) is 10.4. The van der Waals surface area contributed by atoms with E-state index in [1.54, 1.807) is 24.3 Å². The number of carbonyl (C=O) groups is 1. The van der Waals surface area contributed by atoms with Gasteiger partial charge < -0.3 is 10.1 Å². The summed E-state index contributed by atoms with van der Waals surface area (Å²) in [4.78, 5) is 12.1. The van der Waals surface area contributed by atoms with Crippen LogP contribution in [0.15, 0.2) is 41.4 Å². The maximum Gasteiger partial charge on any atom is 0.253 e. The molecule has 7 nitrogen and oxygen atoms in total. The second-order valence-corrected chi connectivity index (χ2v) is 7.56. The van der Waals surface area contributed by atoms with E-state index in [4.69, 9.17) is 4.74 Å². The molecule has 1 N–H and O–H groups in total. The maximum absolute atomic E-state index is 12.1.